The number of unbranched alkanes of at least 4 members (excludes halogenated alkanes) is 1. The summed E-state index contributed by atoms with van der Waals surface area (Å²) in [5, 5.41) is 0. The Kier molecular flexibility index (Phi) is 11.5. The third-order valence-electron chi connectivity index (χ3n) is 1.80. The number of carbonyl (C=O) groups excluding carboxylic acids is 1. The van der Waals surface area contributed by atoms with E-state index in [1.54, 1.807) is 0 Å². The SMILES string of the molecule is CC[CH-]CC(=O)C(C)CC.[Y]. The molecule has 0 bridgehead atoms. The second kappa shape index (κ2) is 8.87. The molecule has 0 spiro atoms. The summed E-state index contributed by atoms with van der Waals surface area (Å²) in [5.74, 6) is 0.632. The molecule has 2 heteroatoms. The Bertz CT molecular complexity index is 102. The van der Waals surface area contributed by atoms with E-state index in [-0.39, 0.29) is 38.6 Å². The van der Waals surface area contributed by atoms with E-state index in [1.807, 2.05) is 13.3 Å². The van der Waals surface area contributed by atoms with E-state index in [4.69, 9.17) is 0 Å². The number of Topliss-reactive ketones (excluding diaryl/α,β-unsaturated/α-hetero) is 1. The summed E-state index contributed by atoms with van der Waals surface area (Å²) < 4.78 is 0. The Balaban J connectivity index is 0. The van der Waals surface area contributed by atoms with Gasteiger partial charge in [-0.05, 0) is 6.42 Å². The van der Waals surface area contributed by atoms with Gasteiger partial charge >= 0.3 is 0 Å². The van der Waals surface area contributed by atoms with Gasteiger partial charge in [-0.15, -0.1) is 6.42 Å². The minimum Gasteiger partial charge on any atom is -0.322 e. The summed E-state index contributed by atoms with van der Waals surface area (Å²) >= 11 is 0. The third-order valence-corrected chi connectivity index (χ3v) is 1.80. The fraction of sp³-hybridized carbons (Fsp3) is 0.778. The van der Waals surface area contributed by atoms with Crippen LogP contribution in [0.3, 0.4) is 0 Å². The standard InChI is InChI=1S/C9H17O.Y/c1-4-6-7-9(10)8(3)5-2;/h6,8H,4-5,7H2,1-3H3;/q-1;. The van der Waals surface area contributed by atoms with Crippen LogP contribution in [-0.4, -0.2) is 5.78 Å². The molecule has 0 aliphatic heterocycles. The maximum atomic E-state index is 11.1. The van der Waals surface area contributed by atoms with Gasteiger partial charge in [0, 0.05) is 38.6 Å². The van der Waals surface area contributed by atoms with Crippen molar-refractivity contribution in [3.05, 3.63) is 6.42 Å². The minimum atomic E-state index is 0. The number of hydrogen-bond acceptors (Lipinski definition) is 1. The molecule has 0 aromatic carbocycles. The van der Waals surface area contributed by atoms with Crippen molar-refractivity contribution in [3.8, 4) is 0 Å². The normalized spacial score (nSPS) is 11.9. The van der Waals surface area contributed by atoms with Crippen LogP contribution in [0.2, 0.25) is 0 Å². The van der Waals surface area contributed by atoms with Crippen LogP contribution in [0.1, 0.15) is 40.0 Å². The van der Waals surface area contributed by atoms with E-state index in [2.05, 4.69) is 13.8 Å². The monoisotopic (exact) mass is 230 g/mol. The van der Waals surface area contributed by atoms with E-state index in [0.29, 0.717) is 12.2 Å². The van der Waals surface area contributed by atoms with E-state index in [9.17, 15) is 4.79 Å². The van der Waals surface area contributed by atoms with Crippen LogP contribution in [0.15, 0.2) is 0 Å². The van der Waals surface area contributed by atoms with Gasteiger partial charge in [0.2, 0.25) is 0 Å². The molecule has 0 aliphatic rings. The van der Waals surface area contributed by atoms with E-state index < -0.39 is 0 Å². The van der Waals surface area contributed by atoms with Crippen molar-refractivity contribution < 1.29 is 37.5 Å². The van der Waals surface area contributed by atoms with Crippen molar-refractivity contribution in [2.24, 2.45) is 5.92 Å². The third kappa shape index (κ3) is 7.15. The van der Waals surface area contributed by atoms with Gasteiger partial charge < -0.3 is 11.2 Å². The number of ketones is 1. The average molecular weight is 230 g/mol. The van der Waals surface area contributed by atoms with Crippen molar-refractivity contribution in [2.45, 2.75) is 40.0 Å². The zero-order valence-electron chi connectivity index (χ0n) is 7.76. The van der Waals surface area contributed by atoms with E-state index in [1.165, 1.54) is 0 Å². The van der Waals surface area contributed by atoms with Gasteiger partial charge in [-0.25, -0.2) is 0 Å². The first-order chi connectivity index (χ1) is 4.72. The summed E-state index contributed by atoms with van der Waals surface area (Å²) in [6, 6.07) is 0. The van der Waals surface area contributed by atoms with Crippen LogP contribution in [0.25, 0.3) is 0 Å². The van der Waals surface area contributed by atoms with Crippen LogP contribution in [0.5, 0.6) is 0 Å². The summed E-state index contributed by atoms with van der Waals surface area (Å²) in [4.78, 5) is 11.1. The van der Waals surface area contributed by atoms with Crippen molar-refractivity contribution >= 4 is 5.78 Å². The summed E-state index contributed by atoms with van der Waals surface area (Å²) in [6.45, 7) is 6.10. The molecule has 0 fully saturated rings. The largest absolute Gasteiger partial charge is 0.322 e. The summed E-state index contributed by atoms with van der Waals surface area (Å²) in [7, 11) is 0. The second-order valence-electron chi connectivity index (χ2n) is 2.68. The van der Waals surface area contributed by atoms with Crippen LogP contribution >= 0.6 is 0 Å². The van der Waals surface area contributed by atoms with Crippen molar-refractivity contribution in [2.75, 3.05) is 0 Å². The van der Waals surface area contributed by atoms with Crippen LogP contribution in [-0.2, 0) is 37.5 Å². The van der Waals surface area contributed by atoms with Gasteiger partial charge in [-0.2, -0.15) is 6.42 Å². The Morgan fingerprint density at radius 1 is 1.45 bits per heavy atom. The molecular formula is C9H17OY-. The molecule has 11 heavy (non-hydrogen) atoms. The molecule has 0 saturated carbocycles. The van der Waals surface area contributed by atoms with Crippen molar-refractivity contribution in [1.29, 1.82) is 0 Å². The van der Waals surface area contributed by atoms with Gasteiger partial charge in [-0.1, -0.05) is 20.8 Å². The summed E-state index contributed by atoms with van der Waals surface area (Å²) in [5.41, 5.74) is 0. The van der Waals surface area contributed by atoms with Crippen LogP contribution in [0.4, 0.5) is 0 Å². The maximum Gasteiger partial charge on any atom is 0.106 e. The molecule has 63 valence electrons. The number of carbonyl (C=O) groups is 1. The number of rotatable bonds is 5. The second-order valence-corrected chi connectivity index (χ2v) is 2.68. The topological polar surface area (TPSA) is 17.1 Å². The molecule has 0 aromatic rings. The average Bonchev–Trinajstić information content (AvgIpc) is 1.98. The van der Waals surface area contributed by atoms with E-state index in [0.717, 1.165) is 12.8 Å². The van der Waals surface area contributed by atoms with Crippen molar-refractivity contribution in [3.63, 3.8) is 0 Å². The smallest absolute Gasteiger partial charge is 0.106 e. The Morgan fingerprint density at radius 2 is 2.00 bits per heavy atom. The quantitative estimate of drug-likeness (QED) is 0.663. The van der Waals surface area contributed by atoms with Gasteiger partial charge in [0.25, 0.3) is 0 Å². The molecule has 1 nitrogen and oxygen atoms in total. The van der Waals surface area contributed by atoms with Gasteiger partial charge in [0.05, 0.1) is 0 Å². The van der Waals surface area contributed by atoms with Gasteiger partial charge in [0.15, 0.2) is 0 Å². The van der Waals surface area contributed by atoms with Crippen LogP contribution in [0, 0.1) is 12.3 Å². The molecule has 1 radical (unpaired) electrons. The molecule has 0 rings (SSSR count). The summed E-state index contributed by atoms with van der Waals surface area (Å²) in [6.07, 6.45) is 4.67. The van der Waals surface area contributed by atoms with Crippen LogP contribution < -0.4 is 0 Å². The van der Waals surface area contributed by atoms with E-state index >= 15 is 0 Å². The Labute approximate surface area is 95.2 Å². The van der Waals surface area contributed by atoms with Gasteiger partial charge in [0.1, 0.15) is 5.78 Å². The zero-order chi connectivity index (χ0) is 7.98. The number of hydrogen-bond donors (Lipinski definition) is 0. The Morgan fingerprint density at radius 3 is 2.36 bits per heavy atom. The molecule has 1 unspecified atom stereocenters. The van der Waals surface area contributed by atoms with Crippen molar-refractivity contribution in [1.82, 2.24) is 0 Å². The molecule has 1 atom stereocenters. The molecule has 0 aromatic heterocycles. The fourth-order valence-corrected chi connectivity index (χ4v) is 0.715. The Hall–Kier alpha value is 0.774. The first-order valence-corrected chi connectivity index (χ1v) is 4.06. The zero-order valence-corrected chi connectivity index (χ0v) is 10.6. The van der Waals surface area contributed by atoms with Gasteiger partial charge in [-0.3, -0.25) is 0 Å². The first kappa shape index (κ1) is 14.3. The first-order valence-electron chi connectivity index (χ1n) is 4.06. The molecule has 0 N–H and O–H groups in total. The predicted octanol–water partition coefficient (Wildman–Crippen LogP) is 2.60. The predicted molar refractivity (Wildman–Crippen MR) is 43.7 cm³/mol. The fourth-order valence-electron chi connectivity index (χ4n) is 0.715. The maximum absolute atomic E-state index is 11.1. The molecule has 0 saturated heterocycles. The molecular weight excluding hydrogens is 213 g/mol. The molecule has 0 aliphatic carbocycles. The molecule has 0 amide bonds. The molecule has 0 heterocycles. The minimum absolute atomic E-state index is 0.